The second-order valence-electron chi connectivity index (χ2n) is 6.51. The Morgan fingerprint density at radius 1 is 1.09 bits per heavy atom. The maximum absolute atomic E-state index is 9.43. The minimum Gasteiger partial charge on any atom is -0.494 e. The van der Waals surface area contributed by atoms with Crippen LogP contribution in [0.2, 0.25) is 0 Å². The van der Waals surface area contributed by atoms with Crippen molar-refractivity contribution in [1.29, 1.82) is 0 Å². The summed E-state index contributed by atoms with van der Waals surface area (Å²) in [5.74, 6) is 1.20. The lowest BCUT2D eigenvalue weighted by Gasteiger charge is -2.19. The van der Waals surface area contributed by atoms with Gasteiger partial charge in [-0.3, -0.25) is 0 Å². The van der Waals surface area contributed by atoms with Gasteiger partial charge in [0.05, 0.1) is 6.61 Å². The predicted octanol–water partition coefficient (Wildman–Crippen LogP) is 4.83. The molecule has 2 atom stereocenters. The van der Waals surface area contributed by atoms with Crippen LogP contribution in [0.25, 0.3) is 0 Å². The molecule has 0 saturated carbocycles. The lowest BCUT2D eigenvalue weighted by Crippen LogP contribution is -2.18. The summed E-state index contributed by atoms with van der Waals surface area (Å²) in [6.45, 7) is 5.36. The number of hydrogen-bond acceptors (Lipinski definition) is 3. The second kappa shape index (κ2) is 12.4. The Labute approximate surface area is 142 Å². The topological polar surface area (TPSA) is 55.5 Å². The normalized spacial score (nSPS) is 13.7. The van der Waals surface area contributed by atoms with Gasteiger partial charge in [-0.15, -0.1) is 0 Å². The summed E-state index contributed by atoms with van der Waals surface area (Å²) in [4.78, 5) is 0. The lowest BCUT2D eigenvalue weighted by atomic mass is 9.92. The van der Waals surface area contributed by atoms with E-state index in [1.165, 1.54) is 25.7 Å². The highest BCUT2D eigenvalue weighted by atomic mass is 16.5. The first-order chi connectivity index (χ1) is 11.2. The molecule has 3 nitrogen and oxygen atoms in total. The highest BCUT2D eigenvalue weighted by Crippen LogP contribution is 2.25. The Balaban J connectivity index is 2.42. The summed E-state index contributed by atoms with van der Waals surface area (Å²) in [7, 11) is 0. The highest BCUT2D eigenvalue weighted by molar-refractivity contribution is 5.30. The third kappa shape index (κ3) is 8.38. The van der Waals surface area contributed by atoms with Gasteiger partial charge in [0.2, 0.25) is 0 Å². The SMILES string of the molecule is CCCCCCCOc1cccc(C(N)CC(CO)CCC)c1. The average molecular weight is 322 g/mol. The molecule has 0 radical (unpaired) electrons. The standard InChI is InChI=1S/C20H35NO2/c1-3-5-6-7-8-13-23-19-12-9-11-18(15-19)20(21)14-17(16-22)10-4-2/h9,11-12,15,17,20,22H,3-8,10,13-14,16,21H2,1-2H3. The van der Waals surface area contributed by atoms with Gasteiger partial charge in [0.25, 0.3) is 0 Å². The molecule has 3 N–H and O–H groups in total. The molecule has 0 amide bonds. The Morgan fingerprint density at radius 2 is 1.87 bits per heavy atom. The Kier molecular flexibility index (Phi) is 10.8. The van der Waals surface area contributed by atoms with Crippen LogP contribution < -0.4 is 10.5 Å². The Hall–Kier alpha value is -1.06. The molecule has 0 fully saturated rings. The number of aliphatic hydroxyl groups excluding tert-OH is 1. The van der Waals surface area contributed by atoms with Gasteiger partial charge >= 0.3 is 0 Å². The quantitative estimate of drug-likeness (QED) is 0.511. The minimum atomic E-state index is -0.0354. The van der Waals surface area contributed by atoms with Gasteiger partial charge in [-0.2, -0.15) is 0 Å². The van der Waals surface area contributed by atoms with Crippen molar-refractivity contribution in [2.24, 2.45) is 11.7 Å². The Morgan fingerprint density at radius 3 is 2.57 bits per heavy atom. The van der Waals surface area contributed by atoms with Crippen molar-refractivity contribution in [3.8, 4) is 5.75 Å². The first kappa shape index (κ1) is 20.0. The number of hydrogen-bond donors (Lipinski definition) is 2. The zero-order chi connectivity index (χ0) is 16.9. The number of ether oxygens (including phenoxy) is 1. The van der Waals surface area contributed by atoms with Gasteiger partial charge in [0.1, 0.15) is 5.75 Å². The van der Waals surface area contributed by atoms with E-state index >= 15 is 0 Å². The van der Waals surface area contributed by atoms with E-state index in [2.05, 4.69) is 26.0 Å². The van der Waals surface area contributed by atoms with Crippen LogP contribution in [0.15, 0.2) is 24.3 Å². The maximum Gasteiger partial charge on any atom is 0.119 e. The number of unbranched alkanes of at least 4 members (excludes halogenated alkanes) is 4. The summed E-state index contributed by atoms with van der Waals surface area (Å²) in [5.41, 5.74) is 7.41. The molecule has 0 spiro atoms. The monoisotopic (exact) mass is 321 g/mol. The van der Waals surface area contributed by atoms with Crippen molar-refractivity contribution in [3.63, 3.8) is 0 Å². The average Bonchev–Trinajstić information content (AvgIpc) is 2.57. The molecule has 2 unspecified atom stereocenters. The van der Waals surface area contributed by atoms with Gasteiger partial charge in [0.15, 0.2) is 0 Å². The third-order valence-corrected chi connectivity index (χ3v) is 4.35. The van der Waals surface area contributed by atoms with Crippen LogP contribution in [0.5, 0.6) is 5.75 Å². The van der Waals surface area contributed by atoms with E-state index in [0.717, 1.165) is 43.6 Å². The van der Waals surface area contributed by atoms with Crippen LogP contribution >= 0.6 is 0 Å². The van der Waals surface area contributed by atoms with Gasteiger partial charge in [-0.1, -0.05) is 58.1 Å². The van der Waals surface area contributed by atoms with E-state index in [4.69, 9.17) is 10.5 Å². The molecule has 1 aromatic carbocycles. The second-order valence-corrected chi connectivity index (χ2v) is 6.51. The molecule has 0 saturated heterocycles. The molecule has 0 aliphatic carbocycles. The van der Waals surface area contributed by atoms with Crippen LogP contribution in [0.3, 0.4) is 0 Å². The van der Waals surface area contributed by atoms with E-state index in [1.54, 1.807) is 0 Å². The molecule has 0 aliphatic rings. The van der Waals surface area contributed by atoms with Gasteiger partial charge in [-0.05, 0) is 42.9 Å². The number of aliphatic hydroxyl groups is 1. The van der Waals surface area contributed by atoms with Gasteiger partial charge in [-0.25, -0.2) is 0 Å². The summed E-state index contributed by atoms with van der Waals surface area (Å²) >= 11 is 0. The van der Waals surface area contributed by atoms with Gasteiger partial charge < -0.3 is 15.6 Å². The summed E-state index contributed by atoms with van der Waals surface area (Å²) in [6.07, 6.45) is 9.16. The summed E-state index contributed by atoms with van der Waals surface area (Å²) < 4.78 is 5.85. The van der Waals surface area contributed by atoms with Crippen molar-refractivity contribution < 1.29 is 9.84 Å². The highest BCUT2D eigenvalue weighted by Gasteiger charge is 2.14. The van der Waals surface area contributed by atoms with Crippen molar-refractivity contribution in [2.45, 2.75) is 71.3 Å². The first-order valence-electron chi connectivity index (χ1n) is 9.30. The molecule has 23 heavy (non-hydrogen) atoms. The summed E-state index contributed by atoms with van der Waals surface area (Å²) in [5, 5.41) is 9.43. The zero-order valence-electron chi connectivity index (χ0n) is 15.0. The van der Waals surface area contributed by atoms with Crippen LogP contribution in [-0.2, 0) is 0 Å². The van der Waals surface area contributed by atoms with Crippen molar-refractivity contribution in [2.75, 3.05) is 13.2 Å². The van der Waals surface area contributed by atoms with Gasteiger partial charge in [0, 0.05) is 12.6 Å². The third-order valence-electron chi connectivity index (χ3n) is 4.35. The maximum atomic E-state index is 9.43. The van der Waals surface area contributed by atoms with Crippen LogP contribution in [0.1, 0.15) is 76.8 Å². The van der Waals surface area contributed by atoms with Crippen molar-refractivity contribution >= 4 is 0 Å². The van der Waals surface area contributed by atoms with Crippen LogP contribution in [0, 0.1) is 5.92 Å². The molecule has 0 aromatic heterocycles. The summed E-state index contributed by atoms with van der Waals surface area (Å²) in [6, 6.07) is 8.08. The van der Waals surface area contributed by atoms with E-state index in [1.807, 2.05) is 12.1 Å². The predicted molar refractivity (Wildman–Crippen MR) is 97.7 cm³/mol. The molecule has 132 valence electrons. The number of benzene rings is 1. The molecular formula is C20H35NO2. The fourth-order valence-corrected chi connectivity index (χ4v) is 2.92. The molecule has 0 heterocycles. The fraction of sp³-hybridized carbons (Fsp3) is 0.700. The van der Waals surface area contributed by atoms with Crippen molar-refractivity contribution in [3.05, 3.63) is 29.8 Å². The molecule has 1 aromatic rings. The molecule has 0 aliphatic heterocycles. The smallest absolute Gasteiger partial charge is 0.119 e. The lowest BCUT2D eigenvalue weighted by molar-refractivity contribution is 0.202. The van der Waals surface area contributed by atoms with E-state index in [9.17, 15) is 5.11 Å². The van der Waals surface area contributed by atoms with E-state index < -0.39 is 0 Å². The van der Waals surface area contributed by atoms with Crippen LogP contribution in [-0.4, -0.2) is 18.3 Å². The van der Waals surface area contributed by atoms with Crippen molar-refractivity contribution in [1.82, 2.24) is 0 Å². The number of rotatable bonds is 13. The van der Waals surface area contributed by atoms with E-state index in [-0.39, 0.29) is 18.6 Å². The molecular weight excluding hydrogens is 286 g/mol. The zero-order valence-corrected chi connectivity index (χ0v) is 15.0. The Bertz CT molecular complexity index is 408. The molecule has 0 bridgehead atoms. The van der Waals surface area contributed by atoms with E-state index in [0.29, 0.717) is 0 Å². The largest absolute Gasteiger partial charge is 0.494 e. The van der Waals surface area contributed by atoms with Crippen LogP contribution in [0.4, 0.5) is 0 Å². The first-order valence-corrected chi connectivity index (χ1v) is 9.30. The fourth-order valence-electron chi connectivity index (χ4n) is 2.92. The molecule has 1 rings (SSSR count). The number of nitrogens with two attached hydrogens (primary N) is 1. The minimum absolute atomic E-state index is 0.0354. The molecule has 3 heteroatoms.